The van der Waals surface area contributed by atoms with E-state index < -0.39 is 35.0 Å². The molecule has 1 amide bonds. The maximum absolute atomic E-state index is 12.4. The number of rotatable bonds is 6. The number of ether oxygens (including phenoxy) is 1. The highest BCUT2D eigenvalue weighted by atomic mass is 19.4. The van der Waals surface area contributed by atoms with Gasteiger partial charge in [-0.3, -0.25) is 19.6 Å². The van der Waals surface area contributed by atoms with Crippen molar-refractivity contribution in [3.63, 3.8) is 0 Å². The lowest BCUT2D eigenvalue weighted by Gasteiger charge is -2.19. The van der Waals surface area contributed by atoms with E-state index in [1.807, 2.05) is 6.07 Å². The SMILES string of the molecule is CC(C(C#N)NC(=O)c1ccc(OC(F)(F)F)cc1)n1cc2cc([N+](=O)[O-])ccc2n1. The van der Waals surface area contributed by atoms with E-state index >= 15 is 0 Å². The Balaban J connectivity index is 1.74. The molecule has 0 radical (unpaired) electrons. The number of fused-ring (bicyclic) bond motifs is 1. The number of alkyl halides is 3. The van der Waals surface area contributed by atoms with E-state index in [2.05, 4.69) is 15.2 Å². The molecule has 1 aromatic heterocycles. The van der Waals surface area contributed by atoms with Gasteiger partial charge >= 0.3 is 6.36 Å². The van der Waals surface area contributed by atoms with Crippen molar-refractivity contribution in [1.82, 2.24) is 15.1 Å². The molecule has 1 heterocycles. The molecule has 12 heteroatoms. The number of nitrogens with zero attached hydrogens (tertiary/aromatic N) is 4. The quantitative estimate of drug-likeness (QED) is 0.467. The molecule has 0 aliphatic rings. The fourth-order valence-electron chi connectivity index (χ4n) is 2.80. The van der Waals surface area contributed by atoms with Gasteiger partial charge in [0.25, 0.3) is 11.6 Å². The highest BCUT2D eigenvalue weighted by molar-refractivity contribution is 5.94. The second-order valence-corrected chi connectivity index (χ2v) is 6.50. The summed E-state index contributed by atoms with van der Waals surface area (Å²) in [4.78, 5) is 22.8. The number of benzene rings is 2. The molecule has 0 aliphatic heterocycles. The third-order valence-corrected chi connectivity index (χ3v) is 4.39. The summed E-state index contributed by atoms with van der Waals surface area (Å²) in [6.07, 6.45) is -3.33. The summed E-state index contributed by atoms with van der Waals surface area (Å²) < 4.78 is 41.8. The van der Waals surface area contributed by atoms with E-state index in [-0.39, 0.29) is 11.3 Å². The molecule has 0 saturated heterocycles. The number of nitriles is 1. The van der Waals surface area contributed by atoms with Gasteiger partial charge in [0.2, 0.25) is 0 Å². The number of hydrogen-bond donors (Lipinski definition) is 1. The van der Waals surface area contributed by atoms with Gasteiger partial charge in [-0.1, -0.05) is 0 Å². The van der Waals surface area contributed by atoms with Crippen molar-refractivity contribution < 1.29 is 27.6 Å². The topological polar surface area (TPSA) is 123 Å². The van der Waals surface area contributed by atoms with Crippen LogP contribution in [0, 0.1) is 21.4 Å². The van der Waals surface area contributed by atoms with Gasteiger partial charge in [-0.05, 0) is 37.3 Å². The number of nitrogens with one attached hydrogen (secondary N) is 1. The van der Waals surface area contributed by atoms with Crippen LogP contribution in [-0.2, 0) is 0 Å². The smallest absolute Gasteiger partial charge is 0.406 e. The molecule has 3 aromatic rings. The van der Waals surface area contributed by atoms with Crippen LogP contribution in [0.4, 0.5) is 18.9 Å². The largest absolute Gasteiger partial charge is 0.573 e. The Morgan fingerprint density at radius 2 is 1.97 bits per heavy atom. The lowest BCUT2D eigenvalue weighted by Crippen LogP contribution is -2.39. The van der Waals surface area contributed by atoms with Crippen molar-refractivity contribution in [1.29, 1.82) is 5.26 Å². The number of carbonyl (C=O) groups is 1. The molecule has 0 aliphatic carbocycles. The van der Waals surface area contributed by atoms with E-state index in [0.717, 1.165) is 24.3 Å². The van der Waals surface area contributed by atoms with Gasteiger partial charge in [0.15, 0.2) is 0 Å². The zero-order valence-electron chi connectivity index (χ0n) is 15.8. The second kappa shape index (κ2) is 8.31. The molecule has 0 fully saturated rings. The summed E-state index contributed by atoms with van der Waals surface area (Å²) in [5, 5.41) is 27.6. The lowest BCUT2D eigenvalue weighted by atomic mass is 10.1. The molecule has 2 atom stereocenters. The zero-order valence-corrected chi connectivity index (χ0v) is 15.8. The van der Waals surface area contributed by atoms with Crippen molar-refractivity contribution in [3.8, 4) is 11.8 Å². The Bertz CT molecular complexity index is 1170. The predicted molar refractivity (Wildman–Crippen MR) is 101 cm³/mol. The summed E-state index contributed by atoms with van der Waals surface area (Å²) in [6.45, 7) is 1.62. The summed E-state index contributed by atoms with van der Waals surface area (Å²) in [6, 6.07) is 8.63. The minimum Gasteiger partial charge on any atom is -0.406 e. The second-order valence-electron chi connectivity index (χ2n) is 6.50. The van der Waals surface area contributed by atoms with Crippen LogP contribution >= 0.6 is 0 Å². The predicted octanol–water partition coefficient (Wildman–Crippen LogP) is 3.73. The third-order valence-electron chi connectivity index (χ3n) is 4.39. The minimum atomic E-state index is -4.85. The number of non-ortho nitro benzene ring substituents is 1. The van der Waals surface area contributed by atoms with Crippen LogP contribution in [0.1, 0.15) is 23.3 Å². The normalized spacial score (nSPS) is 13.3. The van der Waals surface area contributed by atoms with Crippen molar-refractivity contribution >= 4 is 22.5 Å². The molecule has 3 rings (SSSR count). The molecule has 0 saturated carbocycles. The van der Waals surface area contributed by atoms with Crippen LogP contribution in [0.15, 0.2) is 48.7 Å². The molecular formula is C19H14F3N5O4. The first-order valence-corrected chi connectivity index (χ1v) is 8.77. The zero-order chi connectivity index (χ0) is 22.8. The van der Waals surface area contributed by atoms with Crippen LogP contribution in [-0.4, -0.2) is 33.0 Å². The summed E-state index contributed by atoms with van der Waals surface area (Å²) in [5.74, 6) is -1.16. The maximum atomic E-state index is 12.4. The summed E-state index contributed by atoms with van der Waals surface area (Å²) in [7, 11) is 0. The fraction of sp³-hybridized carbons (Fsp3) is 0.211. The standard InChI is InChI=1S/C19H14F3N5O4/c1-11(26-10-13-8-14(27(29)30)4-7-16(13)25-26)17(9-23)24-18(28)12-2-5-15(6-3-12)31-19(20,21)22/h2-8,10-11,17H,1H3,(H,24,28). The first-order valence-electron chi connectivity index (χ1n) is 8.77. The van der Waals surface area contributed by atoms with Gasteiger partial charge in [-0.2, -0.15) is 10.4 Å². The number of halogens is 3. The van der Waals surface area contributed by atoms with Gasteiger partial charge in [-0.25, -0.2) is 0 Å². The van der Waals surface area contributed by atoms with Gasteiger partial charge in [0.1, 0.15) is 11.8 Å². The minimum absolute atomic E-state index is 0.0308. The Kier molecular flexibility index (Phi) is 5.78. The van der Waals surface area contributed by atoms with E-state index in [1.165, 1.54) is 29.1 Å². The molecule has 2 unspecified atom stereocenters. The molecular weight excluding hydrogens is 419 g/mol. The van der Waals surface area contributed by atoms with Crippen molar-refractivity contribution in [2.24, 2.45) is 0 Å². The fourth-order valence-corrected chi connectivity index (χ4v) is 2.80. The van der Waals surface area contributed by atoms with E-state index in [9.17, 15) is 33.3 Å². The first-order chi connectivity index (χ1) is 14.6. The van der Waals surface area contributed by atoms with Crippen molar-refractivity contribution in [2.45, 2.75) is 25.4 Å². The Hall–Kier alpha value is -4.14. The van der Waals surface area contributed by atoms with Crippen LogP contribution in [0.3, 0.4) is 0 Å². The Morgan fingerprint density at radius 1 is 1.29 bits per heavy atom. The highest BCUT2D eigenvalue weighted by Crippen LogP contribution is 2.24. The van der Waals surface area contributed by atoms with Crippen LogP contribution < -0.4 is 10.1 Å². The van der Waals surface area contributed by atoms with Gasteiger partial charge < -0.3 is 10.1 Å². The van der Waals surface area contributed by atoms with Gasteiger partial charge in [0, 0.05) is 29.3 Å². The Labute approximate surface area is 172 Å². The highest BCUT2D eigenvalue weighted by Gasteiger charge is 2.31. The third kappa shape index (κ3) is 5.08. The van der Waals surface area contributed by atoms with Gasteiger partial charge in [0.05, 0.1) is 22.6 Å². The van der Waals surface area contributed by atoms with Gasteiger partial charge in [-0.15, -0.1) is 13.2 Å². The van der Waals surface area contributed by atoms with Crippen LogP contribution in [0.25, 0.3) is 10.9 Å². The average molecular weight is 433 g/mol. The first kappa shape index (κ1) is 21.6. The molecule has 9 nitrogen and oxygen atoms in total. The summed E-state index contributed by atoms with van der Waals surface area (Å²) in [5.41, 5.74) is 0.395. The number of amides is 1. The molecule has 0 bridgehead atoms. The maximum Gasteiger partial charge on any atom is 0.573 e. The number of nitro groups is 1. The molecule has 2 aromatic carbocycles. The van der Waals surface area contributed by atoms with Crippen LogP contribution in [0.2, 0.25) is 0 Å². The number of hydrogen-bond acceptors (Lipinski definition) is 6. The molecule has 0 spiro atoms. The van der Waals surface area contributed by atoms with E-state index in [1.54, 1.807) is 6.92 Å². The van der Waals surface area contributed by atoms with Crippen molar-refractivity contribution in [2.75, 3.05) is 0 Å². The van der Waals surface area contributed by atoms with E-state index in [4.69, 9.17) is 0 Å². The monoisotopic (exact) mass is 433 g/mol. The Morgan fingerprint density at radius 3 is 2.55 bits per heavy atom. The summed E-state index contributed by atoms with van der Waals surface area (Å²) >= 11 is 0. The van der Waals surface area contributed by atoms with Crippen LogP contribution in [0.5, 0.6) is 5.75 Å². The average Bonchev–Trinajstić information content (AvgIpc) is 3.14. The molecule has 1 N–H and O–H groups in total. The number of carbonyl (C=O) groups excluding carboxylic acids is 1. The number of nitro benzene ring substituents is 1. The number of aromatic nitrogens is 2. The van der Waals surface area contributed by atoms with E-state index in [0.29, 0.717) is 10.9 Å². The van der Waals surface area contributed by atoms with Crippen molar-refractivity contribution in [3.05, 3.63) is 64.3 Å². The lowest BCUT2D eigenvalue weighted by molar-refractivity contribution is -0.384. The molecule has 160 valence electrons. The molecule has 31 heavy (non-hydrogen) atoms.